The molecule has 5 heteroatoms. The molecule has 0 saturated carbocycles. The monoisotopic (exact) mass is 339 g/mol. The average Bonchev–Trinajstić information content (AvgIpc) is 2.81. The number of fused-ring (bicyclic) bond motifs is 1. The second-order valence-electron chi connectivity index (χ2n) is 5.62. The number of nitrogens with one attached hydrogen (secondary N) is 1. The SMILES string of the molecule is CC.Cc1cc(C(=O)N2CCC(=O)Nc3ccccc32)ccc1CN. The summed E-state index contributed by atoms with van der Waals surface area (Å²) in [5, 5.41) is 2.84. The Kier molecular flexibility index (Phi) is 6.31. The van der Waals surface area contributed by atoms with Gasteiger partial charge in [-0.25, -0.2) is 0 Å². The Balaban J connectivity index is 0.00000109. The number of benzene rings is 2. The molecule has 5 nitrogen and oxygen atoms in total. The number of hydrogen-bond acceptors (Lipinski definition) is 3. The number of carbonyl (C=O) groups excluding carboxylic acids is 2. The molecule has 0 aromatic heterocycles. The first-order chi connectivity index (χ1) is 12.1. The molecule has 3 N–H and O–H groups in total. The van der Waals surface area contributed by atoms with Gasteiger partial charge in [-0.05, 0) is 42.3 Å². The van der Waals surface area contributed by atoms with E-state index in [4.69, 9.17) is 5.73 Å². The van der Waals surface area contributed by atoms with Gasteiger partial charge in [-0.3, -0.25) is 9.59 Å². The minimum absolute atomic E-state index is 0.0811. The van der Waals surface area contributed by atoms with E-state index in [0.717, 1.165) is 16.8 Å². The van der Waals surface area contributed by atoms with Gasteiger partial charge in [0.1, 0.15) is 0 Å². The van der Waals surface area contributed by atoms with Crippen LogP contribution in [0.5, 0.6) is 0 Å². The highest BCUT2D eigenvalue weighted by atomic mass is 16.2. The minimum atomic E-state index is -0.111. The first-order valence-corrected chi connectivity index (χ1v) is 8.60. The fourth-order valence-electron chi connectivity index (χ4n) is 2.79. The molecule has 0 spiro atoms. The number of amides is 2. The lowest BCUT2D eigenvalue weighted by atomic mass is 10.0. The van der Waals surface area contributed by atoms with Crippen LogP contribution < -0.4 is 16.0 Å². The third-order valence-electron chi connectivity index (χ3n) is 4.09. The van der Waals surface area contributed by atoms with Crippen LogP contribution in [-0.4, -0.2) is 18.4 Å². The van der Waals surface area contributed by atoms with Crippen LogP contribution in [0.1, 0.15) is 41.8 Å². The van der Waals surface area contributed by atoms with Crippen LogP contribution in [0.15, 0.2) is 42.5 Å². The van der Waals surface area contributed by atoms with Crippen molar-refractivity contribution in [3.05, 3.63) is 59.2 Å². The van der Waals surface area contributed by atoms with Crippen LogP contribution in [0.3, 0.4) is 0 Å². The summed E-state index contributed by atoms with van der Waals surface area (Å²) >= 11 is 0. The van der Waals surface area contributed by atoms with E-state index in [9.17, 15) is 9.59 Å². The Bertz CT molecular complexity index is 771. The number of nitrogens with zero attached hydrogens (tertiary/aromatic N) is 1. The average molecular weight is 339 g/mol. The van der Waals surface area contributed by atoms with Crippen LogP contribution >= 0.6 is 0 Å². The van der Waals surface area contributed by atoms with E-state index in [1.807, 2.05) is 57.2 Å². The summed E-state index contributed by atoms with van der Waals surface area (Å²) in [4.78, 5) is 26.4. The van der Waals surface area contributed by atoms with Gasteiger partial charge in [0.15, 0.2) is 0 Å². The maximum absolute atomic E-state index is 12.9. The fraction of sp³-hybridized carbons (Fsp3) is 0.300. The van der Waals surface area contributed by atoms with E-state index < -0.39 is 0 Å². The van der Waals surface area contributed by atoms with E-state index in [2.05, 4.69) is 5.32 Å². The summed E-state index contributed by atoms with van der Waals surface area (Å²) in [5.41, 5.74) is 9.69. The standard InChI is InChI=1S/C18H19N3O2.C2H6/c1-12-10-13(6-7-14(12)11-19)18(23)21-9-8-17(22)20-15-4-2-3-5-16(15)21;1-2/h2-7,10H,8-9,11,19H2,1H3,(H,20,22);1-2H3. The molecule has 0 bridgehead atoms. The Hall–Kier alpha value is -2.66. The predicted molar refractivity (Wildman–Crippen MR) is 102 cm³/mol. The van der Waals surface area contributed by atoms with Crippen molar-refractivity contribution < 1.29 is 9.59 Å². The molecule has 25 heavy (non-hydrogen) atoms. The molecule has 2 aromatic rings. The Morgan fingerprint density at radius 3 is 2.60 bits per heavy atom. The van der Waals surface area contributed by atoms with Crippen LogP contribution in [0.25, 0.3) is 0 Å². The zero-order chi connectivity index (χ0) is 18.4. The molecule has 1 aliphatic rings. The summed E-state index contributed by atoms with van der Waals surface area (Å²) in [6.45, 7) is 6.76. The molecule has 1 aliphatic heterocycles. The summed E-state index contributed by atoms with van der Waals surface area (Å²) < 4.78 is 0. The lowest BCUT2D eigenvalue weighted by Crippen LogP contribution is -2.32. The van der Waals surface area contributed by atoms with Gasteiger partial charge in [0, 0.05) is 25.1 Å². The quantitative estimate of drug-likeness (QED) is 0.879. The zero-order valence-electron chi connectivity index (χ0n) is 15.0. The third-order valence-corrected chi connectivity index (χ3v) is 4.09. The minimum Gasteiger partial charge on any atom is -0.326 e. The third kappa shape index (κ3) is 4.06. The second-order valence-corrected chi connectivity index (χ2v) is 5.62. The van der Waals surface area contributed by atoms with Gasteiger partial charge in [-0.2, -0.15) is 0 Å². The number of hydrogen-bond donors (Lipinski definition) is 2. The number of nitrogens with two attached hydrogens (primary N) is 1. The van der Waals surface area contributed by atoms with E-state index in [-0.39, 0.29) is 18.2 Å². The molecular weight excluding hydrogens is 314 g/mol. The van der Waals surface area contributed by atoms with E-state index >= 15 is 0 Å². The maximum atomic E-state index is 12.9. The number of rotatable bonds is 2. The largest absolute Gasteiger partial charge is 0.326 e. The topological polar surface area (TPSA) is 75.4 Å². The normalized spacial score (nSPS) is 13.1. The molecule has 132 valence electrons. The van der Waals surface area contributed by atoms with Gasteiger partial charge in [0.05, 0.1) is 11.4 Å². The lowest BCUT2D eigenvalue weighted by Gasteiger charge is -2.22. The lowest BCUT2D eigenvalue weighted by molar-refractivity contribution is -0.115. The first kappa shape index (κ1) is 18.7. The van der Waals surface area contributed by atoms with Gasteiger partial charge in [0.2, 0.25) is 5.91 Å². The van der Waals surface area contributed by atoms with Gasteiger partial charge < -0.3 is 16.0 Å². The Morgan fingerprint density at radius 1 is 1.20 bits per heavy atom. The van der Waals surface area contributed by atoms with Crippen molar-refractivity contribution in [2.75, 3.05) is 16.8 Å². The van der Waals surface area contributed by atoms with Crippen LogP contribution in [-0.2, 0) is 11.3 Å². The van der Waals surface area contributed by atoms with E-state index in [1.54, 1.807) is 11.0 Å². The number of carbonyl (C=O) groups is 2. The highest BCUT2D eigenvalue weighted by molar-refractivity contribution is 6.10. The van der Waals surface area contributed by atoms with E-state index in [1.165, 1.54) is 0 Å². The maximum Gasteiger partial charge on any atom is 0.258 e. The van der Waals surface area contributed by atoms with Gasteiger partial charge in [0.25, 0.3) is 5.91 Å². The highest BCUT2D eigenvalue weighted by Gasteiger charge is 2.24. The second kappa shape index (κ2) is 8.44. The molecule has 0 aliphatic carbocycles. The molecule has 2 aromatic carbocycles. The van der Waals surface area contributed by atoms with Gasteiger partial charge in [-0.1, -0.05) is 32.0 Å². The van der Waals surface area contributed by atoms with Gasteiger partial charge >= 0.3 is 0 Å². The number of aryl methyl sites for hydroxylation is 1. The number of para-hydroxylation sites is 2. The molecule has 0 radical (unpaired) electrons. The zero-order valence-corrected chi connectivity index (χ0v) is 15.0. The van der Waals surface area contributed by atoms with Crippen LogP contribution in [0, 0.1) is 6.92 Å². The fourth-order valence-corrected chi connectivity index (χ4v) is 2.79. The molecule has 1 heterocycles. The predicted octanol–water partition coefficient (Wildman–Crippen LogP) is 3.47. The Labute approximate surface area is 148 Å². The molecule has 2 amide bonds. The van der Waals surface area contributed by atoms with Crippen molar-refractivity contribution in [2.45, 2.75) is 33.7 Å². The molecule has 0 fully saturated rings. The van der Waals surface area contributed by atoms with Crippen LogP contribution in [0.4, 0.5) is 11.4 Å². The van der Waals surface area contributed by atoms with Crippen molar-refractivity contribution in [2.24, 2.45) is 5.73 Å². The molecule has 0 unspecified atom stereocenters. The van der Waals surface area contributed by atoms with Crippen LogP contribution in [0.2, 0.25) is 0 Å². The Morgan fingerprint density at radius 2 is 1.92 bits per heavy atom. The number of anilines is 2. The summed E-state index contributed by atoms with van der Waals surface area (Å²) in [5.74, 6) is -0.192. The first-order valence-electron chi connectivity index (χ1n) is 8.60. The van der Waals surface area contributed by atoms with Crippen molar-refractivity contribution >= 4 is 23.2 Å². The van der Waals surface area contributed by atoms with Crippen molar-refractivity contribution in [1.82, 2.24) is 0 Å². The van der Waals surface area contributed by atoms with E-state index in [0.29, 0.717) is 24.3 Å². The molecule has 3 rings (SSSR count). The molecular formula is C20H25N3O2. The summed E-state index contributed by atoms with van der Waals surface area (Å²) in [7, 11) is 0. The highest BCUT2D eigenvalue weighted by Crippen LogP contribution is 2.29. The summed E-state index contributed by atoms with van der Waals surface area (Å²) in [6, 6.07) is 12.9. The van der Waals surface area contributed by atoms with Crippen molar-refractivity contribution in [3.63, 3.8) is 0 Å². The summed E-state index contributed by atoms with van der Waals surface area (Å²) in [6.07, 6.45) is 0.278. The van der Waals surface area contributed by atoms with Crippen molar-refractivity contribution in [1.29, 1.82) is 0 Å². The molecule has 0 atom stereocenters. The van der Waals surface area contributed by atoms with Crippen molar-refractivity contribution in [3.8, 4) is 0 Å². The van der Waals surface area contributed by atoms with Gasteiger partial charge in [-0.15, -0.1) is 0 Å². The molecule has 0 saturated heterocycles. The smallest absolute Gasteiger partial charge is 0.258 e.